The molecule has 3 aromatic rings. The van der Waals surface area contributed by atoms with Crippen LogP contribution in [0.3, 0.4) is 0 Å². The molecule has 2 aromatic heterocycles. The molecule has 0 unspecified atom stereocenters. The minimum Gasteiger partial charge on any atom is -0.379 e. The number of nitrogens with zero attached hydrogens (tertiary/aromatic N) is 4. The van der Waals surface area contributed by atoms with Crippen LogP contribution in [0.5, 0.6) is 0 Å². The molecule has 4 heterocycles. The van der Waals surface area contributed by atoms with E-state index in [-0.39, 0.29) is 12.1 Å². The van der Waals surface area contributed by atoms with Gasteiger partial charge in [0.25, 0.3) is 0 Å². The summed E-state index contributed by atoms with van der Waals surface area (Å²) in [5.41, 5.74) is 7.39. The van der Waals surface area contributed by atoms with Crippen LogP contribution >= 0.6 is 12.2 Å². The van der Waals surface area contributed by atoms with Crippen molar-refractivity contribution in [3.8, 4) is 5.69 Å². The van der Waals surface area contributed by atoms with Crippen LogP contribution < -0.4 is 5.32 Å². The summed E-state index contributed by atoms with van der Waals surface area (Å²) in [4.78, 5) is 9.57. The van der Waals surface area contributed by atoms with Crippen molar-refractivity contribution in [3.63, 3.8) is 0 Å². The fraction of sp³-hybridized carbons (Fsp3) is 0.407. The minimum atomic E-state index is 0.00168. The van der Waals surface area contributed by atoms with Gasteiger partial charge in [-0.15, -0.1) is 0 Å². The fourth-order valence-electron chi connectivity index (χ4n) is 5.44. The third-order valence-corrected chi connectivity index (χ3v) is 7.63. The van der Waals surface area contributed by atoms with Crippen molar-refractivity contribution >= 4 is 17.3 Å². The van der Waals surface area contributed by atoms with Gasteiger partial charge in [-0.25, -0.2) is 0 Å². The number of benzene rings is 1. The molecule has 1 N–H and O–H groups in total. The molecular formula is C27H33N5OS. The second kappa shape index (κ2) is 9.86. The Balaban J connectivity index is 1.56. The molecule has 1 aromatic carbocycles. The summed E-state index contributed by atoms with van der Waals surface area (Å²) in [5.74, 6) is 0. The van der Waals surface area contributed by atoms with Crippen LogP contribution in [0, 0.1) is 20.8 Å². The summed E-state index contributed by atoms with van der Waals surface area (Å²) in [7, 11) is 0. The van der Waals surface area contributed by atoms with Gasteiger partial charge in [-0.05, 0) is 62.8 Å². The van der Waals surface area contributed by atoms with Crippen molar-refractivity contribution in [2.45, 2.75) is 32.9 Å². The Bertz CT molecular complexity index is 1140. The molecule has 0 radical (unpaired) electrons. The second-order valence-corrected chi connectivity index (χ2v) is 9.54. The van der Waals surface area contributed by atoms with Gasteiger partial charge in [0.1, 0.15) is 0 Å². The lowest BCUT2D eigenvalue weighted by atomic mass is 9.93. The standard InChI is InChI=1S/C27H33N5OS/c1-19-20(2)32(22-9-5-4-6-10-22)21(3)24(19)26-25(23-11-7-8-12-28-23)29-27(34)31(26)14-13-30-15-17-33-18-16-30/h4-12,25-26H,13-18H2,1-3H3,(H,29,34)/t25-,26-/m1/s1. The molecule has 0 bridgehead atoms. The highest BCUT2D eigenvalue weighted by molar-refractivity contribution is 7.80. The van der Waals surface area contributed by atoms with E-state index in [0.717, 1.165) is 50.2 Å². The molecular weight excluding hydrogens is 442 g/mol. The highest BCUT2D eigenvalue weighted by Gasteiger charge is 2.42. The van der Waals surface area contributed by atoms with Gasteiger partial charge in [-0.1, -0.05) is 24.3 Å². The Kier molecular flexibility index (Phi) is 6.68. The summed E-state index contributed by atoms with van der Waals surface area (Å²) in [6.07, 6.45) is 1.87. The molecule has 0 amide bonds. The first-order chi connectivity index (χ1) is 16.6. The van der Waals surface area contributed by atoms with Gasteiger partial charge in [0.15, 0.2) is 5.11 Å². The van der Waals surface area contributed by atoms with E-state index in [1.54, 1.807) is 0 Å². The highest BCUT2D eigenvalue weighted by atomic mass is 32.1. The zero-order chi connectivity index (χ0) is 23.7. The highest BCUT2D eigenvalue weighted by Crippen LogP contribution is 2.43. The first-order valence-corrected chi connectivity index (χ1v) is 12.5. The third kappa shape index (κ3) is 4.24. The number of ether oxygens (including phenoxy) is 1. The molecule has 0 saturated carbocycles. The van der Waals surface area contributed by atoms with Crippen LogP contribution in [0.4, 0.5) is 0 Å². The van der Waals surface area contributed by atoms with Crippen LogP contribution in [-0.4, -0.2) is 63.9 Å². The summed E-state index contributed by atoms with van der Waals surface area (Å²) in [5, 5.41) is 4.43. The van der Waals surface area contributed by atoms with E-state index in [1.807, 2.05) is 12.3 Å². The number of nitrogens with one attached hydrogen (secondary N) is 1. The SMILES string of the molecule is Cc1c([C@@H]2[C@@H](c3ccccn3)NC(=S)N2CCN2CCOCC2)c(C)n(-c2ccccc2)c1C. The Labute approximate surface area is 207 Å². The molecule has 6 nitrogen and oxygen atoms in total. The predicted molar refractivity (Wildman–Crippen MR) is 139 cm³/mol. The van der Waals surface area contributed by atoms with Gasteiger partial charge in [0, 0.05) is 55.0 Å². The quantitative estimate of drug-likeness (QED) is 0.542. The van der Waals surface area contributed by atoms with Crippen molar-refractivity contribution in [2.75, 3.05) is 39.4 Å². The average Bonchev–Trinajstić information content (AvgIpc) is 3.31. The molecule has 0 aliphatic carbocycles. The van der Waals surface area contributed by atoms with E-state index in [0.29, 0.717) is 0 Å². The second-order valence-electron chi connectivity index (χ2n) is 9.15. The number of rotatable bonds is 6. The van der Waals surface area contributed by atoms with E-state index >= 15 is 0 Å². The number of para-hydroxylation sites is 1. The molecule has 2 aliphatic heterocycles. The van der Waals surface area contributed by atoms with Gasteiger partial charge >= 0.3 is 0 Å². The number of morpholine rings is 1. The van der Waals surface area contributed by atoms with Gasteiger partial charge in [-0.3, -0.25) is 9.88 Å². The number of hydrogen-bond donors (Lipinski definition) is 1. The predicted octanol–water partition coefficient (Wildman–Crippen LogP) is 4.10. The Morgan fingerprint density at radius 1 is 0.971 bits per heavy atom. The molecule has 0 spiro atoms. The lowest BCUT2D eigenvalue weighted by Crippen LogP contribution is -2.42. The zero-order valence-electron chi connectivity index (χ0n) is 20.2. The molecule has 178 valence electrons. The van der Waals surface area contributed by atoms with Crippen molar-refractivity contribution < 1.29 is 4.74 Å². The first kappa shape index (κ1) is 23.0. The van der Waals surface area contributed by atoms with Crippen LogP contribution in [0.25, 0.3) is 5.69 Å². The fourth-order valence-corrected chi connectivity index (χ4v) is 5.77. The average molecular weight is 476 g/mol. The molecule has 34 heavy (non-hydrogen) atoms. The van der Waals surface area contributed by atoms with Gasteiger partial charge in [0.05, 0.1) is 31.0 Å². The van der Waals surface area contributed by atoms with Crippen molar-refractivity contribution in [1.29, 1.82) is 0 Å². The monoisotopic (exact) mass is 475 g/mol. The zero-order valence-corrected chi connectivity index (χ0v) is 21.0. The molecule has 2 atom stereocenters. The van der Waals surface area contributed by atoms with Gasteiger partial charge in [-0.2, -0.15) is 0 Å². The Hall–Kier alpha value is -2.74. The summed E-state index contributed by atoms with van der Waals surface area (Å²) >= 11 is 5.92. The maximum Gasteiger partial charge on any atom is 0.170 e. The number of thiocarbonyl (C=S) groups is 1. The van der Waals surface area contributed by atoms with Crippen LogP contribution in [0.2, 0.25) is 0 Å². The van der Waals surface area contributed by atoms with E-state index in [4.69, 9.17) is 21.9 Å². The lowest BCUT2D eigenvalue weighted by Gasteiger charge is -2.32. The normalized spacial score (nSPS) is 21.1. The van der Waals surface area contributed by atoms with Crippen LogP contribution in [-0.2, 0) is 4.74 Å². The van der Waals surface area contributed by atoms with Gasteiger partial charge < -0.3 is 19.5 Å². The largest absolute Gasteiger partial charge is 0.379 e. The van der Waals surface area contributed by atoms with Crippen molar-refractivity contribution in [2.24, 2.45) is 0 Å². The smallest absolute Gasteiger partial charge is 0.170 e. The van der Waals surface area contributed by atoms with E-state index in [9.17, 15) is 0 Å². The van der Waals surface area contributed by atoms with E-state index in [2.05, 4.69) is 82.9 Å². The molecule has 7 heteroatoms. The van der Waals surface area contributed by atoms with Crippen molar-refractivity contribution in [3.05, 3.63) is 82.9 Å². The number of hydrogen-bond acceptors (Lipinski definition) is 4. The van der Waals surface area contributed by atoms with E-state index in [1.165, 1.54) is 28.2 Å². The summed E-state index contributed by atoms with van der Waals surface area (Å²) in [6, 6.07) is 16.8. The lowest BCUT2D eigenvalue weighted by molar-refractivity contribution is 0.0350. The molecule has 2 saturated heterocycles. The Morgan fingerprint density at radius 2 is 1.71 bits per heavy atom. The van der Waals surface area contributed by atoms with Crippen LogP contribution in [0.1, 0.15) is 40.3 Å². The van der Waals surface area contributed by atoms with E-state index < -0.39 is 0 Å². The summed E-state index contributed by atoms with van der Waals surface area (Å²) in [6.45, 7) is 12.1. The maximum atomic E-state index is 5.92. The molecule has 2 aliphatic rings. The van der Waals surface area contributed by atoms with Gasteiger partial charge in [0.2, 0.25) is 0 Å². The number of aromatic nitrogens is 2. The first-order valence-electron chi connectivity index (χ1n) is 12.1. The topological polar surface area (TPSA) is 45.6 Å². The molecule has 5 rings (SSSR count). The van der Waals surface area contributed by atoms with Crippen molar-refractivity contribution in [1.82, 2.24) is 24.7 Å². The maximum absolute atomic E-state index is 5.92. The Morgan fingerprint density at radius 3 is 2.41 bits per heavy atom. The third-order valence-electron chi connectivity index (χ3n) is 7.28. The molecule has 2 fully saturated rings. The number of pyridine rings is 1. The summed E-state index contributed by atoms with van der Waals surface area (Å²) < 4.78 is 7.92. The van der Waals surface area contributed by atoms with Crippen LogP contribution in [0.15, 0.2) is 54.7 Å². The minimum absolute atomic E-state index is 0.00168.